The quantitative estimate of drug-likeness (QED) is 0.798. The number of anilines is 1. The molecule has 8 heteroatoms. The fraction of sp³-hybridized carbons (Fsp3) is 0.474. The van der Waals surface area contributed by atoms with E-state index in [0.29, 0.717) is 32.5 Å². The number of ether oxygens (including phenoxy) is 2. The Morgan fingerprint density at radius 3 is 2.67 bits per heavy atom. The van der Waals surface area contributed by atoms with Crippen molar-refractivity contribution in [2.75, 3.05) is 31.7 Å². The maximum absolute atomic E-state index is 12.9. The molecule has 0 N–H and O–H groups in total. The average molecular weight is 379 g/mol. The second kappa shape index (κ2) is 6.67. The van der Waals surface area contributed by atoms with E-state index < -0.39 is 17.5 Å². The molecule has 0 atom stereocenters. The summed E-state index contributed by atoms with van der Waals surface area (Å²) in [7, 11) is 1.64. The molecule has 4 rings (SSSR count). The second-order valence-corrected chi connectivity index (χ2v) is 6.84. The zero-order chi connectivity index (χ0) is 19.1. The molecule has 0 bridgehead atoms. The van der Waals surface area contributed by atoms with Crippen LogP contribution in [-0.4, -0.2) is 36.8 Å². The number of aromatic nitrogens is 2. The molecule has 27 heavy (non-hydrogen) atoms. The molecule has 0 unspecified atom stereocenters. The van der Waals surface area contributed by atoms with Gasteiger partial charge in [0.2, 0.25) is 5.95 Å². The van der Waals surface area contributed by atoms with E-state index in [1.165, 1.54) is 5.56 Å². The van der Waals surface area contributed by atoms with E-state index in [9.17, 15) is 13.2 Å². The molecule has 2 aliphatic heterocycles. The molecule has 1 spiro atoms. The second-order valence-electron chi connectivity index (χ2n) is 6.84. The van der Waals surface area contributed by atoms with E-state index in [-0.39, 0.29) is 5.95 Å². The summed E-state index contributed by atoms with van der Waals surface area (Å²) in [5, 5.41) is 0. The van der Waals surface area contributed by atoms with Crippen LogP contribution in [0.4, 0.5) is 19.1 Å². The first-order valence-corrected chi connectivity index (χ1v) is 8.88. The molecule has 1 aromatic carbocycles. The Morgan fingerprint density at radius 1 is 1.19 bits per heavy atom. The molecular formula is C19H20F3N3O2. The summed E-state index contributed by atoms with van der Waals surface area (Å²) in [4.78, 5) is 9.53. The van der Waals surface area contributed by atoms with Crippen LogP contribution in [0.3, 0.4) is 0 Å². The highest BCUT2D eigenvalue weighted by Crippen LogP contribution is 2.43. The van der Waals surface area contributed by atoms with Crippen LogP contribution in [0.5, 0.6) is 5.75 Å². The lowest BCUT2D eigenvalue weighted by atomic mass is 9.79. The van der Waals surface area contributed by atoms with Gasteiger partial charge < -0.3 is 14.4 Å². The minimum absolute atomic E-state index is 0.116. The number of hydrogen-bond donors (Lipinski definition) is 0. The van der Waals surface area contributed by atoms with Gasteiger partial charge in [-0.05, 0) is 48.6 Å². The number of halogens is 3. The minimum Gasteiger partial charge on any atom is -0.497 e. The lowest BCUT2D eigenvalue weighted by Crippen LogP contribution is -2.47. The van der Waals surface area contributed by atoms with Gasteiger partial charge in [-0.2, -0.15) is 13.2 Å². The van der Waals surface area contributed by atoms with Crippen molar-refractivity contribution in [3.05, 3.63) is 47.3 Å². The van der Waals surface area contributed by atoms with Crippen LogP contribution in [0, 0.1) is 0 Å². The largest absolute Gasteiger partial charge is 0.497 e. The van der Waals surface area contributed by atoms with Crippen molar-refractivity contribution >= 4 is 5.95 Å². The summed E-state index contributed by atoms with van der Waals surface area (Å²) in [6, 6.07) is 6.91. The Kier molecular flexibility index (Phi) is 4.46. The first-order valence-electron chi connectivity index (χ1n) is 8.88. The van der Waals surface area contributed by atoms with E-state index in [0.717, 1.165) is 30.0 Å². The molecule has 0 saturated carbocycles. The van der Waals surface area contributed by atoms with Gasteiger partial charge in [-0.25, -0.2) is 9.97 Å². The Hall–Kier alpha value is -2.35. The Bertz CT molecular complexity index is 833. The number of benzene rings is 1. The molecule has 0 aliphatic carbocycles. The van der Waals surface area contributed by atoms with Gasteiger partial charge >= 0.3 is 6.18 Å². The molecule has 1 saturated heterocycles. The van der Waals surface area contributed by atoms with E-state index in [1.807, 2.05) is 18.2 Å². The fourth-order valence-corrected chi connectivity index (χ4v) is 3.92. The predicted octanol–water partition coefficient (Wildman–Crippen LogP) is 3.57. The van der Waals surface area contributed by atoms with Gasteiger partial charge in [-0.15, -0.1) is 0 Å². The van der Waals surface area contributed by atoms with Gasteiger partial charge in [0.1, 0.15) is 11.4 Å². The monoisotopic (exact) mass is 379 g/mol. The Balaban J connectivity index is 1.55. The lowest BCUT2D eigenvalue weighted by Gasteiger charge is -2.45. The maximum atomic E-state index is 12.9. The molecule has 0 radical (unpaired) electrons. The van der Waals surface area contributed by atoms with Crippen LogP contribution < -0.4 is 9.64 Å². The topological polar surface area (TPSA) is 47.5 Å². The van der Waals surface area contributed by atoms with Crippen LogP contribution >= 0.6 is 0 Å². The third-order valence-corrected chi connectivity index (χ3v) is 5.34. The maximum Gasteiger partial charge on any atom is 0.433 e. The molecule has 3 heterocycles. The van der Waals surface area contributed by atoms with Crippen molar-refractivity contribution in [1.82, 2.24) is 9.97 Å². The van der Waals surface area contributed by atoms with Crippen LogP contribution in [0.15, 0.2) is 30.5 Å². The first kappa shape index (κ1) is 18.0. The molecule has 1 fully saturated rings. The highest BCUT2D eigenvalue weighted by Gasteiger charge is 2.41. The number of fused-ring (bicyclic) bond motifs is 2. The van der Waals surface area contributed by atoms with Gasteiger partial charge in [0.15, 0.2) is 0 Å². The molecular weight excluding hydrogens is 359 g/mol. The standard InChI is InChI=1S/C19H20F3N3O2/c1-26-14-2-3-15-13(12-14)5-11-27-18(15)6-9-25(10-7-18)17-23-8-4-16(24-17)19(20,21)22/h2-4,8,12H,5-7,9-11H2,1H3. The van der Waals surface area contributed by atoms with Crippen molar-refractivity contribution in [1.29, 1.82) is 0 Å². The summed E-state index contributed by atoms with van der Waals surface area (Å²) in [6.07, 6.45) is -1.14. The fourth-order valence-electron chi connectivity index (χ4n) is 3.92. The van der Waals surface area contributed by atoms with E-state index >= 15 is 0 Å². The zero-order valence-electron chi connectivity index (χ0n) is 14.9. The third kappa shape index (κ3) is 3.34. The highest BCUT2D eigenvalue weighted by atomic mass is 19.4. The summed E-state index contributed by atoms with van der Waals surface area (Å²) in [5.41, 5.74) is 1.04. The normalized spacial score (nSPS) is 19.0. The van der Waals surface area contributed by atoms with E-state index in [2.05, 4.69) is 9.97 Å². The average Bonchev–Trinajstić information content (AvgIpc) is 2.68. The van der Waals surface area contributed by atoms with Crippen LogP contribution in [0.2, 0.25) is 0 Å². The van der Waals surface area contributed by atoms with Crippen LogP contribution in [-0.2, 0) is 22.9 Å². The number of methoxy groups -OCH3 is 1. The minimum atomic E-state index is -4.47. The molecule has 144 valence electrons. The van der Waals surface area contributed by atoms with Crippen LogP contribution in [0.25, 0.3) is 0 Å². The van der Waals surface area contributed by atoms with Gasteiger partial charge in [-0.3, -0.25) is 0 Å². The van der Waals surface area contributed by atoms with Crippen molar-refractivity contribution in [2.24, 2.45) is 0 Å². The third-order valence-electron chi connectivity index (χ3n) is 5.34. The van der Waals surface area contributed by atoms with Gasteiger partial charge in [0.05, 0.1) is 19.3 Å². The number of rotatable bonds is 2. The predicted molar refractivity (Wildman–Crippen MR) is 92.8 cm³/mol. The van der Waals surface area contributed by atoms with E-state index in [4.69, 9.17) is 9.47 Å². The van der Waals surface area contributed by atoms with Crippen molar-refractivity contribution in [3.63, 3.8) is 0 Å². The zero-order valence-corrected chi connectivity index (χ0v) is 14.9. The number of hydrogen-bond acceptors (Lipinski definition) is 5. The molecule has 2 aliphatic rings. The van der Waals surface area contributed by atoms with Gasteiger partial charge in [-0.1, -0.05) is 6.07 Å². The summed E-state index contributed by atoms with van der Waals surface area (Å²) < 4.78 is 50.2. The Labute approximate surface area is 155 Å². The van der Waals surface area contributed by atoms with Crippen molar-refractivity contribution < 1.29 is 22.6 Å². The number of alkyl halides is 3. The molecule has 0 amide bonds. The summed E-state index contributed by atoms with van der Waals surface area (Å²) in [5.74, 6) is 0.936. The van der Waals surface area contributed by atoms with E-state index in [1.54, 1.807) is 12.0 Å². The lowest BCUT2D eigenvalue weighted by molar-refractivity contribution is -0.141. The number of piperidine rings is 1. The number of nitrogens with zero attached hydrogens (tertiary/aromatic N) is 3. The molecule has 2 aromatic rings. The van der Waals surface area contributed by atoms with Gasteiger partial charge in [0.25, 0.3) is 0 Å². The van der Waals surface area contributed by atoms with Crippen molar-refractivity contribution in [3.8, 4) is 5.75 Å². The smallest absolute Gasteiger partial charge is 0.433 e. The summed E-state index contributed by atoms with van der Waals surface area (Å²) in [6.45, 7) is 1.69. The summed E-state index contributed by atoms with van der Waals surface area (Å²) >= 11 is 0. The van der Waals surface area contributed by atoms with Gasteiger partial charge in [0, 0.05) is 19.3 Å². The SMILES string of the molecule is COc1ccc2c(c1)CCOC21CCN(c2nccc(C(F)(F)F)n2)CC1. The molecule has 1 aromatic heterocycles. The van der Waals surface area contributed by atoms with Crippen molar-refractivity contribution in [2.45, 2.75) is 31.0 Å². The van der Waals surface area contributed by atoms with Crippen LogP contribution in [0.1, 0.15) is 29.7 Å². The molecule has 5 nitrogen and oxygen atoms in total. The Morgan fingerprint density at radius 2 is 1.96 bits per heavy atom. The first-order chi connectivity index (χ1) is 12.9. The highest BCUT2D eigenvalue weighted by molar-refractivity contribution is 5.42.